The van der Waals surface area contributed by atoms with E-state index in [0.29, 0.717) is 6.54 Å². The molecule has 116 valence electrons. The van der Waals surface area contributed by atoms with Gasteiger partial charge in [0, 0.05) is 0 Å². The van der Waals surface area contributed by atoms with Gasteiger partial charge in [0.15, 0.2) is 5.69 Å². The van der Waals surface area contributed by atoms with Crippen LogP contribution in [0.2, 0.25) is 0 Å². The number of aromatic amines is 1. The maximum atomic E-state index is 12.3. The molecule has 0 unspecified atom stereocenters. The fourth-order valence-electron chi connectivity index (χ4n) is 2.10. The summed E-state index contributed by atoms with van der Waals surface area (Å²) >= 11 is 0. The van der Waals surface area contributed by atoms with Crippen molar-refractivity contribution in [2.75, 3.05) is 7.11 Å². The summed E-state index contributed by atoms with van der Waals surface area (Å²) in [6.07, 6.45) is 1.47. The molecule has 6 heteroatoms. The third-order valence-electron chi connectivity index (χ3n) is 3.35. The molecule has 1 N–H and O–H groups in total. The third kappa shape index (κ3) is 3.55. The Balaban J connectivity index is 1.76. The number of H-pyrrole nitrogens is 1. The molecule has 0 radical (unpaired) electrons. The molecule has 0 spiro atoms. The van der Waals surface area contributed by atoms with Crippen LogP contribution in [0.1, 0.15) is 11.3 Å². The molecule has 0 saturated carbocycles. The Kier molecular flexibility index (Phi) is 4.33. The summed E-state index contributed by atoms with van der Waals surface area (Å²) < 4.78 is 6.55. The van der Waals surface area contributed by atoms with E-state index in [1.54, 1.807) is 7.11 Å². The summed E-state index contributed by atoms with van der Waals surface area (Å²) in [7, 11) is 1.62. The van der Waals surface area contributed by atoms with Gasteiger partial charge in [0.2, 0.25) is 0 Å². The number of hydrogen-bond acceptors (Lipinski definition) is 4. The van der Waals surface area contributed by atoms with Crippen molar-refractivity contribution in [1.29, 1.82) is 0 Å². The number of rotatable bonds is 5. The zero-order chi connectivity index (χ0) is 16.1. The topological polar surface area (TPSA) is 72.3 Å². The minimum atomic E-state index is -0.208. The predicted molar refractivity (Wildman–Crippen MR) is 88.6 cm³/mol. The third-order valence-corrected chi connectivity index (χ3v) is 3.35. The molecular weight excluding hydrogens is 292 g/mol. The SMILES string of the molecule is COc1ccc(Cn2[nH]nc(C=Nc3ccccc3)c2=O)cc1. The normalized spacial score (nSPS) is 11.0. The van der Waals surface area contributed by atoms with Gasteiger partial charge in [-0.1, -0.05) is 30.3 Å². The number of nitrogens with zero attached hydrogens (tertiary/aromatic N) is 3. The van der Waals surface area contributed by atoms with Crippen LogP contribution >= 0.6 is 0 Å². The summed E-state index contributed by atoms with van der Waals surface area (Å²) in [6.45, 7) is 0.412. The van der Waals surface area contributed by atoms with Gasteiger partial charge in [0.05, 0.1) is 25.6 Å². The smallest absolute Gasteiger partial charge is 0.295 e. The monoisotopic (exact) mass is 308 g/mol. The molecule has 23 heavy (non-hydrogen) atoms. The fraction of sp³-hybridized carbons (Fsp3) is 0.118. The number of ether oxygens (including phenoxy) is 1. The van der Waals surface area contributed by atoms with E-state index >= 15 is 0 Å². The van der Waals surface area contributed by atoms with Gasteiger partial charge in [-0.25, -0.2) is 9.90 Å². The van der Waals surface area contributed by atoms with Gasteiger partial charge in [0.1, 0.15) is 5.75 Å². The summed E-state index contributed by atoms with van der Waals surface area (Å²) in [5, 5.41) is 6.73. The van der Waals surface area contributed by atoms with Crippen molar-refractivity contribution in [3.8, 4) is 5.75 Å². The van der Waals surface area contributed by atoms with Gasteiger partial charge in [-0.05, 0) is 29.8 Å². The molecule has 0 fully saturated rings. The molecule has 3 rings (SSSR count). The lowest BCUT2D eigenvalue weighted by atomic mass is 10.2. The van der Waals surface area contributed by atoms with E-state index in [1.165, 1.54) is 10.9 Å². The molecule has 0 atom stereocenters. The van der Waals surface area contributed by atoms with Crippen LogP contribution in [0.5, 0.6) is 5.75 Å². The van der Waals surface area contributed by atoms with E-state index in [0.717, 1.165) is 17.0 Å². The molecule has 0 saturated heterocycles. The van der Waals surface area contributed by atoms with Crippen molar-refractivity contribution in [2.45, 2.75) is 6.54 Å². The van der Waals surface area contributed by atoms with Crippen LogP contribution in [0.3, 0.4) is 0 Å². The molecule has 1 heterocycles. The van der Waals surface area contributed by atoms with Crippen LogP contribution < -0.4 is 10.3 Å². The Morgan fingerprint density at radius 3 is 2.61 bits per heavy atom. The standard InChI is InChI=1S/C17H16N4O2/c1-23-15-9-7-13(8-10-15)12-21-17(22)16(19-20-21)11-18-14-5-3-2-4-6-14/h2-11,20H,12H2,1H3. The molecule has 6 nitrogen and oxygen atoms in total. The average molecular weight is 308 g/mol. The number of nitrogens with one attached hydrogen (secondary N) is 1. The highest BCUT2D eigenvalue weighted by Gasteiger charge is 2.06. The van der Waals surface area contributed by atoms with Crippen molar-refractivity contribution in [1.82, 2.24) is 15.0 Å². The highest BCUT2D eigenvalue weighted by molar-refractivity contribution is 5.78. The molecule has 0 amide bonds. The quantitative estimate of drug-likeness (QED) is 0.736. The van der Waals surface area contributed by atoms with Crippen molar-refractivity contribution >= 4 is 11.9 Å². The van der Waals surface area contributed by atoms with Gasteiger partial charge in [-0.15, -0.1) is 0 Å². The number of aromatic nitrogens is 3. The maximum absolute atomic E-state index is 12.3. The molecule has 0 bridgehead atoms. The Hall–Kier alpha value is -3.15. The van der Waals surface area contributed by atoms with E-state index in [4.69, 9.17) is 4.74 Å². The second kappa shape index (κ2) is 6.74. The molecule has 0 aliphatic carbocycles. The summed E-state index contributed by atoms with van der Waals surface area (Å²) in [5.74, 6) is 0.779. The zero-order valence-electron chi connectivity index (χ0n) is 12.6. The van der Waals surface area contributed by atoms with Gasteiger partial charge < -0.3 is 4.74 Å². The first-order chi connectivity index (χ1) is 11.3. The van der Waals surface area contributed by atoms with Gasteiger partial charge in [-0.3, -0.25) is 9.79 Å². The molecular formula is C17H16N4O2. The number of aliphatic imine (C=N–C) groups is 1. The van der Waals surface area contributed by atoms with Crippen LogP contribution in [-0.4, -0.2) is 28.3 Å². The molecule has 1 aromatic heterocycles. The first kappa shape index (κ1) is 14.8. The van der Waals surface area contributed by atoms with E-state index in [9.17, 15) is 4.79 Å². The van der Waals surface area contributed by atoms with Crippen LogP contribution in [0.15, 0.2) is 64.4 Å². The summed E-state index contributed by atoms with van der Waals surface area (Å²) in [6, 6.07) is 16.9. The second-order valence-electron chi connectivity index (χ2n) is 4.93. The van der Waals surface area contributed by atoms with E-state index in [-0.39, 0.29) is 11.3 Å². The van der Waals surface area contributed by atoms with Gasteiger partial charge in [-0.2, -0.15) is 5.10 Å². The number of benzene rings is 2. The highest BCUT2D eigenvalue weighted by Crippen LogP contribution is 2.11. The molecule has 2 aromatic carbocycles. The zero-order valence-corrected chi connectivity index (χ0v) is 12.6. The van der Waals surface area contributed by atoms with E-state index in [2.05, 4.69) is 15.3 Å². The lowest BCUT2D eigenvalue weighted by molar-refractivity contribution is 0.414. The van der Waals surface area contributed by atoms with Crippen molar-refractivity contribution in [3.63, 3.8) is 0 Å². The van der Waals surface area contributed by atoms with Crippen molar-refractivity contribution < 1.29 is 4.74 Å². The molecule has 0 aliphatic heterocycles. The Morgan fingerprint density at radius 1 is 1.17 bits per heavy atom. The lowest BCUT2D eigenvalue weighted by Gasteiger charge is -2.03. The Labute approximate surface area is 133 Å². The number of methoxy groups -OCH3 is 1. The summed E-state index contributed by atoms with van der Waals surface area (Å²) in [4.78, 5) is 16.5. The van der Waals surface area contributed by atoms with Gasteiger partial charge >= 0.3 is 0 Å². The van der Waals surface area contributed by atoms with Gasteiger partial charge in [0.25, 0.3) is 5.56 Å². The van der Waals surface area contributed by atoms with Crippen LogP contribution in [0.25, 0.3) is 0 Å². The Morgan fingerprint density at radius 2 is 1.91 bits per heavy atom. The van der Waals surface area contributed by atoms with Crippen LogP contribution in [-0.2, 0) is 6.54 Å². The maximum Gasteiger partial charge on any atom is 0.295 e. The fourth-order valence-corrected chi connectivity index (χ4v) is 2.10. The highest BCUT2D eigenvalue weighted by atomic mass is 16.5. The van der Waals surface area contributed by atoms with Crippen LogP contribution in [0.4, 0.5) is 5.69 Å². The van der Waals surface area contributed by atoms with E-state index < -0.39 is 0 Å². The minimum absolute atomic E-state index is 0.208. The molecule has 0 aliphatic rings. The average Bonchev–Trinajstić information content (AvgIpc) is 2.95. The largest absolute Gasteiger partial charge is 0.497 e. The number of hydrogen-bond donors (Lipinski definition) is 1. The van der Waals surface area contributed by atoms with E-state index in [1.807, 2.05) is 54.6 Å². The Bertz CT molecular complexity index is 848. The summed E-state index contributed by atoms with van der Waals surface area (Å²) in [5.41, 5.74) is 1.82. The number of para-hydroxylation sites is 1. The molecule has 3 aromatic rings. The first-order valence-corrected chi connectivity index (χ1v) is 7.13. The van der Waals surface area contributed by atoms with Crippen LogP contribution in [0, 0.1) is 0 Å². The minimum Gasteiger partial charge on any atom is -0.497 e. The predicted octanol–water partition coefficient (Wildman–Crippen LogP) is 2.38. The van der Waals surface area contributed by atoms with Crippen molar-refractivity contribution in [3.05, 3.63) is 76.2 Å². The van der Waals surface area contributed by atoms with Crippen molar-refractivity contribution in [2.24, 2.45) is 4.99 Å². The lowest BCUT2D eigenvalue weighted by Crippen LogP contribution is -2.19. The first-order valence-electron chi connectivity index (χ1n) is 7.13. The second-order valence-corrected chi connectivity index (χ2v) is 4.93.